The van der Waals surface area contributed by atoms with Gasteiger partial charge in [0.25, 0.3) is 5.69 Å². The molecule has 0 fully saturated rings. The summed E-state index contributed by atoms with van der Waals surface area (Å²) in [4.78, 5) is 10.2. The van der Waals surface area contributed by atoms with Crippen LogP contribution in [0.2, 0.25) is 0 Å². The number of nitrogens with two attached hydrogens (primary N) is 1. The molecule has 0 aliphatic rings. The van der Waals surface area contributed by atoms with Gasteiger partial charge in [0.15, 0.2) is 0 Å². The highest BCUT2D eigenvalue weighted by molar-refractivity contribution is 5.77. The maximum absolute atomic E-state index is 10.6. The van der Waals surface area contributed by atoms with E-state index >= 15 is 0 Å². The van der Waals surface area contributed by atoms with Gasteiger partial charge in [-0.2, -0.15) is 5.10 Å². The summed E-state index contributed by atoms with van der Waals surface area (Å²) in [5.74, 6) is 6.02. The van der Waals surface area contributed by atoms with E-state index in [1.807, 2.05) is 0 Å². The van der Waals surface area contributed by atoms with Crippen LogP contribution in [-0.4, -0.2) is 11.1 Å². The second-order valence-electron chi connectivity index (χ2n) is 3.29. The van der Waals surface area contributed by atoms with Crippen molar-refractivity contribution < 1.29 is 9.34 Å². The SMILES string of the molecule is N/N=C/c1ccc(-c2cccc([N+](=O)[O-])c2)o1. The van der Waals surface area contributed by atoms with E-state index in [2.05, 4.69) is 5.10 Å². The van der Waals surface area contributed by atoms with E-state index in [9.17, 15) is 10.1 Å². The number of non-ortho nitro benzene ring substituents is 1. The Labute approximate surface area is 96.5 Å². The van der Waals surface area contributed by atoms with Gasteiger partial charge in [-0.05, 0) is 12.1 Å². The molecule has 0 aliphatic carbocycles. The Kier molecular flexibility index (Phi) is 2.87. The molecule has 0 unspecified atom stereocenters. The summed E-state index contributed by atoms with van der Waals surface area (Å²) in [5.41, 5.74) is 0.656. The molecule has 2 rings (SSSR count). The third-order valence-electron chi connectivity index (χ3n) is 2.17. The van der Waals surface area contributed by atoms with E-state index in [0.29, 0.717) is 17.1 Å². The lowest BCUT2D eigenvalue weighted by atomic mass is 10.1. The zero-order chi connectivity index (χ0) is 12.3. The number of hydrogen-bond donors (Lipinski definition) is 1. The zero-order valence-corrected chi connectivity index (χ0v) is 8.74. The molecule has 0 radical (unpaired) electrons. The number of nitrogens with zero attached hydrogens (tertiary/aromatic N) is 2. The van der Waals surface area contributed by atoms with Gasteiger partial charge in [-0.25, -0.2) is 0 Å². The first-order valence-corrected chi connectivity index (χ1v) is 4.78. The minimum atomic E-state index is -0.450. The van der Waals surface area contributed by atoms with Crippen LogP contribution >= 0.6 is 0 Å². The average Bonchev–Trinajstić information content (AvgIpc) is 2.78. The fourth-order valence-electron chi connectivity index (χ4n) is 1.42. The van der Waals surface area contributed by atoms with Gasteiger partial charge in [-0.15, -0.1) is 0 Å². The summed E-state index contributed by atoms with van der Waals surface area (Å²) in [6.07, 6.45) is 1.36. The number of furan rings is 1. The highest BCUT2D eigenvalue weighted by Crippen LogP contribution is 2.25. The van der Waals surface area contributed by atoms with Gasteiger partial charge in [0.2, 0.25) is 0 Å². The predicted molar refractivity (Wildman–Crippen MR) is 62.6 cm³/mol. The van der Waals surface area contributed by atoms with E-state index in [1.54, 1.807) is 24.3 Å². The summed E-state index contributed by atoms with van der Waals surface area (Å²) in [5, 5.41) is 14.0. The van der Waals surface area contributed by atoms with Crippen molar-refractivity contribution in [1.82, 2.24) is 0 Å². The topological polar surface area (TPSA) is 94.7 Å². The Morgan fingerprint density at radius 1 is 1.35 bits per heavy atom. The Morgan fingerprint density at radius 3 is 2.88 bits per heavy atom. The molecule has 0 bridgehead atoms. The predicted octanol–water partition coefficient (Wildman–Crippen LogP) is 2.15. The van der Waals surface area contributed by atoms with Crippen LogP contribution < -0.4 is 5.84 Å². The molecule has 86 valence electrons. The second kappa shape index (κ2) is 4.48. The lowest BCUT2D eigenvalue weighted by Gasteiger charge is -1.96. The molecule has 0 atom stereocenters. The van der Waals surface area contributed by atoms with Crippen LogP contribution in [0.4, 0.5) is 5.69 Å². The van der Waals surface area contributed by atoms with Crippen molar-refractivity contribution in [2.45, 2.75) is 0 Å². The summed E-state index contributed by atoms with van der Waals surface area (Å²) in [7, 11) is 0. The first-order valence-electron chi connectivity index (χ1n) is 4.78. The van der Waals surface area contributed by atoms with Crippen LogP contribution in [0.5, 0.6) is 0 Å². The smallest absolute Gasteiger partial charge is 0.270 e. The Hall–Kier alpha value is -2.63. The van der Waals surface area contributed by atoms with E-state index in [0.717, 1.165) is 0 Å². The van der Waals surface area contributed by atoms with Crippen molar-refractivity contribution in [1.29, 1.82) is 0 Å². The number of hydrazone groups is 1. The Morgan fingerprint density at radius 2 is 2.18 bits per heavy atom. The normalized spacial score (nSPS) is 10.8. The van der Waals surface area contributed by atoms with E-state index in [4.69, 9.17) is 10.3 Å². The molecule has 2 aromatic rings. The number of benzene rings is 1. The summed E-state index contributed by atoms with van der Waals surface area (Å²) < 4.78 is 5.39. The van der Waals surface area contributed by atoms with Gasteiger partial charge in [0, 0.05) is 17.7 Å². The Balaban J connectivity index is 2.38. The zero-order valence-electron chi connectivity index (χ0n) is 8.74. The standard InChI is InChI=1S/C11H9N3O3/c12-13-7-10-4-5-11(17-10)8-2-1-3-9(6-8)14(15)16/h1-7H,12H2/b13-7+. The molecular formula is C11H9N3O3. The van der Waals surface area contributed by atoms with Gasteiger partial charge >= 0.3 is 0 Å². The molecule has 6 nitrogen and oxygen atoms in total. The molecule has 1 heterocycles. The van der Waals surface area contributed by atoms with Gasteiger partial charge in [0.05, 0.1) is 11.1 Å². The van der Waals surface area contributed by atoms with Crippen molar-refractivity contribution in [2.75, 3.05) is 0 Å². The Bertz CT molecular complexity index is 575. The van der Waals surface area contributed by atoms with Crippen molar-refractivity contribution in [3.63, 3.8) is 0 Å². The lowest BCUT2D eigenvalue weighted by Crippen LogP contribution is -1.87. The highest BCUT2D eigenvalue weighted by atomic mass is 16.6. The summed E-state index contributed by atoms with van der Waals surface area (Å²) in [6.45, 7) is 0. The molecular weight excluding hydrogens is 222 g/mol. The van der Waals surface area contributed by atoms with Crippen LogP contribution in [0.25, 0.3) is 11.3 Å². The van der Waals surface area contributed by atoms with Crippen molar-refractivity contribution in [3.05, 3.63) is 52.3 Å². The maximum Gasteiger partial charge on any atom is 0.270 e. The van der Waals surface area contributed by atoms with Crippen molar-refractivity contribution in [3.8, 4) is 11.3 Å². The van der Waals surface area contributed by atoms with E-state index in [1.165, 1.54) is 18.3 Å². The highest BCUT2D eigenvalue weighted by Gasteiger charge is 2.09. The van der Waals surface area contributed by atoms with Crippen LogP contribution in [0.1, 0.15) is 5.76 Å². The molecule has 1 aromatic carbocycles. The maximum atomic E-state index is 10.6. The fourth-order valence-corrected chi connectivity index (χ4v) is 1.42. The van der Waals surface area contributed by atoms with Gasteiger partial charge in [-0.1, -0.05) is 12.1 Å². The minimum absolute atomic E-state index is 0.0212. The molecule has 1 aromatic heterocycles. The first-order chi connectivity index (χ1) is 8.20. The lowest BCUT2D eigenvalue weighted by molar-refractivity contribution is -0.384. The van der Waals surface area contributed by atoms with E-state index in [-0.39, 0.29) is 5.69 Å². The molecule has 0 spiro atoms. The monoisotopic (exact) mass is 231 g/mol. The fraction of sp³-hybridized carbons (Fsp3) is 0. The van der Waals surface area contributed by atoms with E-state index < -0.39 is 4.92 Å². The van der Waals surface area contributed by atoms with Crippen LogP contribution in [0.3, 0.4) is 0 Å². The van der Waals surface area contributed by atoms with Crippen LogP contribution in [0, 0.1) is 10.1 Å². The van der Waals surface area contributed by atoms with Crippen LogP contribution in [-0.2, 0) is 0 Å². The molecule has 0 saturated heterocycles. The minimum Gasteiger partial charge on any atom is -0.455 e. The molecule has 17 heavy (non-hydrogen) atoms. The third-order valence-corrected chi connectivity index (χ3v) is 2.17. The van der Waals surface area contributed by atoms with Crippen LogP contribution in [0.15, 0.2) is 45.9 Å². The summed E-state index contributed by atoms with van der Waals surface area (Å²) >= 11 is 0. The van der Waals surface area contributed by atoms with Gasteiger partial charge < -0.3 is 10.3 Å². The van der Waals surface area contributed by atoms with Crippen molar-refractivity contribution in [2.24, 2.45) is 10.9 Å². The summed E-state index contributed by atoms with van der Waals surface area (Å²) in [6, 6.07) is 9.60. The largest absolute Gasteiger partial charge is 0.455 e. The third kappa shape index (κ3) is 2.31. The molecule has 0 saturated carbocycles. The quantitative estimate of drug-likeness (QED) is 0.379. The molecule has 0 amide bonds. The van der Waals surface area contributed by atoms with Crippen molar-refractivity contribution >= 4 is 11.9 Å². The molecule has 6 heteroatoms. The van der Waals surface area contributed by atoms with Gasteiger partial charge in [0.1, 0.15) is 11.5 Å². The number of nitro benzene ring substituents is 1. The number of hydrogen-bond acceptors (Lipinski definition) is 5. The number of rotatable bonds is 3. The number of nitro groups is 1. The molecule has 0 aliphatic heterocycles. The average molecular weight is 231 g/mol. The first kappa shape index (κ1) is 10.9. The molecule has 2 N–H and O–H groups in total. The van der Waals surface area contributed by atoms with Gasteiger partial charge in [-0.3, -0.25) is 10.1 Å². The second-order valence-corrected chi connectivity index (χ2v) is 3.29.